The first-order valence-corrected chi connectivity index (χ1v) is 6.07. The monoisotopic (exact) mass is 241 g/mol. The summed E-state index contributed by atoms with van der Waals surface area (Å²) in [4.78, 5) is 21.9. The van der Waals surface area contributed by atoms with Crippen LogP contribution in [0.25, 0.3) is 0 Å². The lowest BCUT2D eigenvalue weighted by atomic mass is 10.0. The summed E-state index contributed by atoms with van der Waals surface area (Å²) in [6.07, 6.45) is 0.560. The van der Waals surface area contributed by atoms with Crippen molar-refractivity contribution in [1.29, 1.82) is 0 Å². The number of aliphatic carboxylic acids is 1. The van der Waals surface area contributed by atoms with Crippen molar-refractivity contribution in [2.24, 2.45) is 0 Å². The van der Waals surface area contributed by atoms with Gasteiger partial charge in [0.25, 0.3) is 0 Å². The van der Waals surface area contributed by atoms with Gasteiger partial charge < -0.3 is 10.4 Å². The van der Waals surface area contributed by atoms with Crippen LogP contribution >= 0.6 is 11.3 Å². The lowest BCUT2D eigenvalue weighted by Crippen LogP contribution is -2.28. The minimum absolute atomic E-state index is 0.0520. The fourth-order valence-corrected chi connectivity index (χ4v) is 2.03. The Morgan fingerprint density at radius 1 is 1.56 bits per heavy atom. The maximum absolute atomic E-state index is 11.6. The number of nitrogens with one attached hydrogen (secondary N) is 1. The predicted octanol–water partition coefficient (Wildman–Crippen LogP) is 1.83. The molecule has 0 unspecified atom stereocenters. The van der Waals surface area contributed by atoms with Crippen LogP contribution in [0.2, 0.25) is 0 Å². The van der Waals surface area contributed by atoms with E-state index in [0.29, 0.717) is 13.0 Å². The lowest BCUT2D eigenvalue weighted by molar-refractivity contribution is -0.137. The van der Waals surface area contributed by atoms with Crippen molar-refractivity contribution in [2.45, 2.75) is 25.7 Å². The minimum atomic E-state index is -0.833. The molecule has 1 aromatic heterocycles. The first-order chi connectivity index (χ1) is 7.61. The third-order valence-corrected chi connectivity index (χ3v) is 3.00. The molecule has 0 radical (unpaired) electrons. The van der Waals surface area contributed by atoms with Crippen LogP contribution in [0.1, 0.15) is 31.2 Å². The molecular formula is C11H15NO3S. The summed E-state index contributed by atoms with van der Waals surface area (Å²) < 4.78 is 0. The Morgan fingerprint density at radius 2 is 2.31 bits per heavy atom. The minimum Gasteiger partial charge on any atom is -0.481 e. The molecular weight excluding hydrogens is 226 g/mol. The zero-order valence-corrected chi connectivity index (χ0v) is 9.92. The van der Waals surface area contributed by atoms with E-state index in [1.807, 2.05) is 23.8 Å². The number of amides is 1. The third-order valence-electron chi connectivity index (χ3n) is 2.30. The molecule has 0 aliphatic heterocycles. The van der Waals surface area contributed by atoms with Gasteiger partial charge in [-0.15, -0.1) is 0 Å². The number of carbonyl (C=O) groups is 2. The van der Waals surface area contributed by atoms with Crippen molar-refractivity contribution in [2.75, 3.05) is 6.54 Å². The Balaban J connectivity index is 2.27. The topological polar surface area (TPSA) is 66.4 Å². The zero-order chi connectivity index (χ0) is 12.0. The van der Waals surface area contributed by atoms with Crippen LogP contribution < -0.4 is 5.32 Å². The molecule has 0 aliphatic rings. The molecule has 0 aliphatic carbocycles. The van der Waals surface area contributed by atoms with E-state index in [0.717, 1.165) is 5.56 Å². The fraction of sp³-hybridized carbons (Fsp3) is 0.455. The zero-order valence-electron chi connectivity index (χ0n) is 9.10. The van der Waals surface area contributed by atoms with Crippen LogP contribution in [0.3, 0.4) is 0 Å². The van der Waals surface area contributed by atoms with Gasteiger partial charge in [0.05, 0.1) is 5.92 Å². The first kappa shape index (κ1) is 12.7. The number of hydrogen-bond acceptors (Lipinski definition) is 3. The highest BCUT2D eigenvalue weighted by Crippen LogP contribution is 2.17. The number of carboxylic acid groups (broad SMARTS) is 1. The molecule has 1 atom stereocenters. The molecule has 0 saturated heterocycles. The Bertz CT molecular complexity index is 348. The molecule has 0 saturated carbocycles. The molecule has 1 amide bonds. The van der Waals surface area contributed by atoms with Crippen molar-refractivity contribution in [1.82, 2.24) is 5.32 Å². The van der Waals surface area contributed by atoms with Gasteiger partial charge in [-0.3, -0.25) is 9.59 Å². The third kappa shape index (κ3) is 4.02. The molecule has 1 heterocycles. The standard InChI is InChI=1S/C11H15NO3S/c1-8(9-4-6-16-7-9)11(15)12-5-2-3-10(13)14/h4,6-8H,2-3,5H2,1H3,(H,12,15)(H,13,14)/t8-/m0/s1. The van der Waals surface area contributed by atoms with Crippen LogP contribution in [0.4, 0.5) is 0 Å². The van der Waals surface area contributed by atoms with Crippen LogP contribution in [-0.4, -0.2) is 23.5 Å². The molecule has 0 fully saturated rings. The van der Waals surface area contributed by atoms with E-state index in [1.165, 1.54) is 0 Å². The first-order valence-electron chi connectivity index (χ1n) is 5.13. The number of carbonyl (C=O) groups excluding carboxylic acids is 1. The second-order valence-electron chi connectivity index (χ2n) is 3.57. The van der Waals surface area contributed by atoms with Crippen molar-refractivity contribution in [3.05, 3.63) is 22.4 Å². The largest absolute Gasteiger partial charge is 0.481 e. The van der Waals surface area contributed by atoms with E-state index in [1.54, 1.807) is 11.3 Å². The number of carboxylic acids is 1. The summed E-state index contributed by atoms with van der Waals surface area (Å²) in [7, 11) is 0. The number of rotatable bonds is 6. The number of hydrogen-bond donors (Lipinski definition) is 2. The maximum atomic E-state index is 11.6. The Hall–Kier alpha value is -1.36. The smallest absolute Gasteiger partial charge is 0.303 e. The highest BCUT2D eigenvalue weighted by molar-refractivity contribution is 7.08. The molecule has 16 heavy (non-hydrogen) atoms. The van der Waals surface area contributed by atoms with Crippen molar-refractivity contribution in [3.63, 3.8) is 0 Å². The summed E-state index contributed by atoms with van der Waals surface area (Å²) in [5.74, 6) is -1.06. The van der Waals surface area contributed by atoms with Gasteiger partial charge in [-0.1, -0.05) is 0 Å². The molecule has 1 aromatic rings. The van der Waals surface area contributed by atoms with Crippen LogP contribution in [0, 0.1) is 0 Å². The fourth-order valence-electron chi connectivity index (χ4n) is 1.28. The average Bonchev–Trinajstić information content (AvgIpc) is 2.76. The summed E-state index contributed by atoms with van der Waals surface area (Å²) >= 11 is 1.56. The van der Waals surface area contributed by atoms with E-state index in [9.17, 15) is 9.59 Å². The van der Waals surface area contributed by atoms with Crippen molar-refractivity contribution in [3.8, 4) is 0 Å². The second kappa shape index (κ2) is 6.27. The lowest BCUT2D eigenvalue weighted by Gasteiger charge is -2.10. The Morgan fingerprint density at radius 3 is 2.88 bits per heavy atom. The van der Waals surface area contributed by atoms with E-state index in [-0.39, 0.29) is 18.2 Å². The van der Waals surface area contributed by atoms with Gasteiger partial charge in [0, 0.05) is 13.0 Å². The summed E-state index contributed by atoms with van der Waals surface area (Å²) in [5, 5.41) is 15.0. The summed E-state index contributed by atoms with van der Waals surface area (Å²) in [6, 6.07) is 1.92. The second-order valence-corrected chi connectivity index (χ2v) is 4.35. The van der Waals surface area contributed by atoms with Crippen LogP contribution in [-0.2, 0) is 9.59 Å². The molecule has 88 valence electrons. The van der Waals surface area contributed by atoms with Gasteiger partial charge >= 0.3 is 5.97 Å². The molecule has 0 aromatic carbocycles. The van der Waals surface area contributed by atoms with Gasteiger partial charge in [0.1, 0.15) is 0 Å². The molecule has 0 spiro atoms. The predicted molar refractivity (Wildman–Crippen MR) is 62.6 cm³/mol. The number of thiophene rings is 1. The van der Waals surface area contributed by atoms with E-state index < -0.39 is 5.97 Å². The summed E-state index contributed by atoms with van der Waals surface area (Å²) in [6.45, 7) is 2.26. The van der Waals surface area contributed by atoms with Gasteiger partial charge in [0.2, 0.25) is 5.91 Å². The van der Waals surface area contributed by atoms with Gasteiger partial charge in [0.15, 0.2) is 0 Å². The highest BCUT2D eigenvalue weighted by atomic mass is 32.1. The molecule has 0 bridgehead atoms. The molecule has 5 heteroatoms. The van der Waals surface area contributed by atoms with Crippen LogP contribution in [0.5, 0.6) is 0 Å². The van der Waals surface area contributed by atoms with Gasteiger partial charge in [-0.2, -0.15) is 11.3 Å². The quantitative estimate of drug-likeness (QED) is 0.747. The van der Waals surface area contributed by atoms with Gasteiger partial charge in [-0.05, 0) is 35.7 Å². The van der Waals surface area contributed by atoms with Crippen molar-refractivity contribution < 1.29 is 14.7 Å². The maximum Gasteiger partial charge on any atom is 0.303 e. The van der Waals surface area contributed by atoms with Gasteiger partial charge in [-0.25, -0.2) is 0 Å². The van der Waals surface area contributed by atoms with Crippen LogP contribution in [0.15, 0.2) is 16.8 Å². The average molecular weight is 241 g/mol. The SMILES string of the molecule is C[C@H](C(=O)NCCCC(=O)O)c1ccsc1. The Kier molecular flexibility index (Phi) is 4.98. The van der Waals surface area contributed by atoms with E-state index in [4.69, 9.17) is 5.11 Å². The Labute approximate surface area is 98.3 Å². The normalized spacial score (nSPS) is 12.1. The van der Waals surface area contributed by atoms with E-state index >= 15 is 0 Å². The highest BCUT2D eigenvalue weighted by Gasteiger charge is 2.14. The van der Waals surface area contributed by atoms with E-state index in [2.05, 4.69) is 5.32 Å². The molecule has 4 nitrogen and oxygen atoms in total. The summed E-state index contributed by atoms with van der Waals surface area (Å²) in [5.41, 5.74) is 1.00. The molecule has 1 rings (SSSR count). The van der Waals surface area contributed by atoms with Crippen molar-refractivity contribution >= 4 is 23.2 Å². The molecule has 2 N–H and O–H groups in total.